The summed E-state index contributed by atoms with van der Waals surface area (Å²) in [6, 6.07) is 5.24. The summed E-state index contributed by atoms with van der Waals surface area (Å²) >= 11 is 0. The molecule has 0 spiro atoms. The lowest BCUT2D eigenvalue weighted by molar-refractivity contribution is 0.0147. The number of amides is 2. The standard InChI is InChI=1S/C20H31N3O5/c1-20(2,3)28-19(25)23-13-11-22(12-14-23)10-9-21-18(24)17-15(26-4)7-6-8-16(17)27-5/h6-8H,9-14H2,1-5H3,(H,21,24). The zero-order valence-corrected chi connectivity index (χ0v) is 17.4. The minimum Gasteiger partial charge on any atom is -0.496 e. The number of nitrogens with one attached hydrogen (secondary N) is 1. The largest absolute Gasteiger partial charge is 0.496 e. The van der Waals surface area contributed by atoms with E-state index in [9.17, 15) is 9.59 Å². The summed E-state index contributed by atoms with van der Waals surface area (Å²) in [7, 11) is 3.05. The van der Waals surface area contributed by atoms with Gasteiger partial charge < -0.3 is 24.4 Å². The number of carbonyl (C=O) groups excluding carboxylic acids is 2. The summed E-state index contributed by atoms with van der Waals surface area (Å²) < 4.78 is 16.0. The van der Waals surface area contributed by atoms with E-state index in [0.717, 1.165) is 13.1 Å². The summed E-state index contributed by atoms with van der Waals surface area (Å²) in [4.78, 5) is 28.6. The van der Waals surface area contributed by atoms with Crippen LogP contribution in [0.15, 0.2) is 18.2 Å². The third-order valence-electron chi connectivity index (χ3n) is 4.39. The summed E-state index contributed by atoms with van der Waals surface area (Å²) in [5.74, 6) is 0.715. The van der Waals surface area contributed by atoms with Crippen LogP contribution in [0.4, 0.5) is 4.79 Å². The molecular formula is C20H31N3O5. The van der Waals surface area contributed by atoms with E-state index >= 15 is 0 Å². The molecule has 1 aliphatic rings. The lowest BCUT2D eigenvalue weighted by Crippen LogP contribution is -2.51. The van der Waals surface area contributed by atoms with E-state index in [0.29, 0.717) is 43.2 Å². The molecule has 1 aliphatic heterocycles. The van der Waals surface area contributed by atoms with E-state index in [1.54, 1.807) is 23.1 Å². The maximum atomic E-state index is 12.6. The Morgan fingerprint density at radius 1 is 1.04 bits per heavy atom. The number of methoxy groups -OCH3 is 2. The van der Waals surface area contributed by atoms with Gasteiger partial charge in [-0.2, -0.15) is 0 Å². The minimum atomic E-state index is -0.488. The molecule has 1 saturated heterocycles. The second kappa shape index (κ2) is 9.64. The Kier molecular flexibility index (Phi) is 7.51. The highest BCUT2D eigenvalue weighted by Crippen LogP contribution is 2.27. The van der Waals surface area contributed by atoms with E-state index in [1.807, 2.05) is 20.8 Å². The van der Waals surface area contributed by atoms with Crippen molar-refractivity contribution in [1.29, 1.82) is 0 Å². The Labute approximate surface area is 166 Å². The van der Waals surface area contributed by atoms with Crippen LogP contribution in [0.5, 0.6) is 11.5 Å². The monoisotopic (exact) mass is 393 g/mol. The fraction of sp³-hybridized carbons (Fsp3) is 0.600. The minimum absolute atomic E-state index is 0.235. The zero-order chi connectivity index (χ0) is 20.7. The fourth-order valence-corrected chi connectivity index (χ4v) is 2.97. The van der Waals surface area contributed by atoms with Crippen molar-refractivity contribution in [1.82, 2.24) is 15.1 Å². The number of carbonyl (C=O) groups is 2. The average molecular weight is 393 g/mol. The molecule has 2 rings (SSSR count). The van der Waals surface area contributed by atoms with Crippen molar-refractivity contribution in [2.75, 3.05) is 53.5 Å². The third kappa shape index (κ3) is 6.02. The lowest BCUT2D eigenvalue weighted by atomic mass is 10.1. The summed E-state index contributed by atoms with van der Waals surface area (Å²) in [6.07, 6.45) is -0.274. The van der Waals surface area contributed by atoms with Crippen LogP contribution in [0.25, 0.3) is 0 Å². The van der Waals surface area contributed by atoms with Gasteiger partial charge >= 0.3 is 6.09 Å². The Morgan fingerprint density at radius 3 is 2.11 bits per heavy atom. The maximum absolute atomic E-state index is 12.6. The second-order valence-corrected chi connectivity index (χ2v) is 7.60. The molecule has 1 heterocycles. The quantitative estimate of drug-likeness (QED) is 0.796. The Balaban J connectivity index is 1.79. The highest BCUT2D eigenvalue weighted by atomic mass is 16.6. The van der Waals surface area contributed by atoms with Gasteiger partial charge in [-0.25, -0.2) is 4.79 Å². The second-order valence-electron chi connectivity index (χ2n) is 7.60. The number of piperazine rings is 1. The van der Waals surface area contributed by atoms with E-state index in [4.69, 9.17) is 14.2 Å². The van der Waals surface area contributed by atoms with Crippen LogP contribution >= 0.6 is 0 Å². The molecule has 0 atom stereocenters. The van der Waals surface area contributed by atoms with Gasteiger partial charge in [-0.15, -0.1) is 0 Å². The van der Waals surface area contributed by atoms with Crippen LogP contribution in [0.2, 0.25) is 0 Å². The molecule has 28 heavy (non-hydrogen) atoms. The van der Waals surface area contributed by atoms with E-state index in [1.165, 1.54) is 14.2 Å². The first-order valence-corrected chi connectivity index (χ1v) is 9.44. The number of hydrogen-bond donors (Lipinski definition) is 1. The highest BCUT2D eigenvalue weighted by molar-refractivity contribution is 5.99. The number of hydrogen-bond acceptors (Lipinski definition) is 6. The summed E-state index contributed by atoms with van der Waals surface area (Å²) in [5, 5.41) is 2.91. The summed E-state index contributed by atoms with van der Waals surface area (Å²) in [6.45, 7) is 9.49. The number of rotatable bonds is 6. The molecule has 0 saturated carbocycles. The molecule has 1 fully saturated rings. The molecule has 0 radical (unpaired) electrons. The number of nitrogens with zero attached hydrogens (tertiary/aromatic N) is 2. The first-order chi connectivity index (χ1) is 13.2. The summed E-state index contributed by atoms with van der Waals surface area (Å²) in [5.41, 5.74) is -0.0971. The van der Waals surface area contributed by atoms with Crippen molar-refractivity contribution < 1.29 is 23.8 Å². The van der Waals surface area contributed by atoms with Gasteiger partial charge in [0, 0.05) is 39.3 Å². The molecule has 8 nitrogen and oxygen atoms in total. The van der Waals surface area contributed by atoms with Crippen molar-refractivity contribution in [3.05, 3.63) is 23.8 Å². The van der Waals surface area contributed by atoms with E-state index in [-0.39, 0.29) is 12.0 Å². The van der Waals surface area contributed by atoms with Crippen LogP contribution in [0.1, 0.15) is 31.1 Å². The van der Waals surface area contributed by atoms with Crippen molar-refractivity contribution in [3.63, 3.8) is 0 Å². The molecule has 1 aromatic carbocycles. The van der Waals surface area contributed by atoms with Gasteiger partial charge in [0.05, 0.1) is 14.2 Å². The first-order valence-electron chi connectivity index (χ1n) is 9.44. The molecule has 0 bridgehead atoms. The SMILES string of the molecule is COc1cccc(OC)c1C(=O)NCCN1CCN(C(=O)OC(C)(C)C)CC1. The maximum Gasteiger partial charge on any atom is 0.410 e. The van der Waals surface area contributed by atoms with Gasteiger partial charge in [-0.1, -0.05) is 6.07 Å². The van der Waals surface area contributed by atoms with Crippen LogP contribution < -0.4 is 14.8 Å². The Hall–Kier alpha value is -2.48. The molecule has 2 amide bonds. The van der Waals surface area contributed by atoms with Crippen molar-refractivity contribution in [2.45, 2.75) is 26.4 Å². The molecule has 0 aliphatic carbocycles. The molecular weight excluding hydrogens is 362 g/mol. The third-order valence-corrected chi connectivity index (χ3v) is 4.39. The van der Waals surface area contributed by atoms with Crippen LogP contribution in [-0.2, 0) is 4.74 Å². The van der Waals surface area contributed by atoms with Crippen LogP contribution in [0, 0.1) is 0 Å². The first kappa shape index (κ1) is 21.8. The Morgan fingerprint density at radius 2 is 1.61 bits per heavy atom. The normalized spacial score (nSPS) is 15.1. The topological polar surface area (TPSA) is 80.3 Å². The van der Waals surface area contributed by atoms with Crippen molar-refractivity contribution >= 4 is 12.0 Å². The molecule has 1 N–H and O–H groups in total. The van der Waals surface area contributed by atoms with E-state index in [2.05, 4.69) is 10.2 Å². The number of benzene rings is 1. The molecule has 0 unspecified atom stereocenters. The average Bonchev–Trinajstić information content (AvgIpc) is 2.66. The van der Waals surface area contributed by atoms with Gasteiger partial charge in [0.15, 0.2) is 0 Å². The molecule has 0 aromatic heterocycles. The van der Waals surface area contributed by atoms with Crippen LogP contribution in [0.3, 0.4) is 0 Å². The van der Waals surface area contributed by atoms with Gasteiger partial charge in [-0.3, -0.25) is 9.69 Å². The van der Waals surface area contributed by atoms with Gasteiger partial charge in [0.1, 0.15) is 22.7 Å². The molecule has 156 valence electrons. The van der Waals surface area contributed by atoms with Gasteiger partial charge in [0.2, 0.25) is 0 Å². The number of ether oxygens (including phenoxy) is 3. The lowest BCUT2D eigenvalue weighted by Gasteiger charge is -2.35. The molecule has 8 heteroatoms. The van der Waals surface area contributed by atoms with Crippen molar-refractivity contribution in [2.24, 2.45) is 0 Å². The van der Waals surface area contributed by atoms with Gasteiger partial charge in [0.25, 0.3) is 5.91 Å². The fourth-order valence-electron chi connectivity index (χ4n) is 2.97. The smallest absolute Gasteiger partial charge is 0.410 e. The predicted molar refractivity (Wildman–Crippen MR) is 106 cm³/mol. The predicted octanol–water partition coefficient (Wildman–Crippen LogP) is 1.99. The zero-order valence-electron chi connectivity index (χ0n) is 17.4. The van der Waals surface area contributed by atoms with Crippen LogP contribution in [-0.4, -0.2) is 80.9 Å². The molecule has 1 aromatic rings. The van der Waals surface area contributed by atoms with Crippen molar-refractivity contribution in [3.8, 4) is 11.5 Å². The highest BCUT2D eigenvalue weighted by Gasteiger charge is 2.26. The Bertz CT molecular complexity index is 657. The van der Waals surface area contributed by atoms with E-state index < -0.39 is 5.60 Å². The van der Waals surface area contributed by atoms with Gasteiger partial charge in [-0.05, 0) is 32.9 Å².